The fourth-order valence-corrected chi connectivity index (χ4v) is 5.25. The molecule has 0 bridgehead atoms. The van der Waals surface area contributed by atoms with E-state index in [1.54, 1.807) is 0 Å². The highest BCUT2D eigenvalue weighted by atomic mass is 15.1. The van der Waals surface area contributed by atoms with Crippen LogP contribution in [-0.2, 0) is 0 Å². The van der Waals surface area contributed by atoms with Gasteiger partial charge in [-0.1, -0.05) is 72.2 Å². The third-order valence-corrected chi connectivity index (χ3v) is 6.33. The number of para-hydroxylation sites is 1. The van der Waals surface area contributed by atoms with Crippen LogP contribution in [0.3, 0.4) is 0 Å². The van der Waals surface area contributed by atoms with Gasteiger partial charge < -0.3 is 10.0 Å². The minimum absolute atomic E-state index is 0.190. The normalized spacial score (nSPS) is 14.1. The van der Waals surface area contributed by atoms with E-state index in [2.05, 4.69) is 102 Å². The summed E-state index contributed by atoms with van der Waals surface area (Å²) >= 11 is 0. The van der Waals surface area contributed by atoms with E-state index in [1.807, 2.05) is 0 Å². The van der Waals surface area contributed by atoms with Gasteiger partial charge in [0.25, 0.3) is 7.41 Å². The van der Waals surface area contributed by atoms with Gasteiger partial charge in [-0.05, 0) is 40.3 Å². The number of fused-ring (bicyclic) bond motifs is 8. The van der Waals surface area contributed by atoms with Crippen molar-refractivity contribution in [1.29, 1.82) is 0 Å². The van der Waals surface area contributed by atoms with Crippen LogP contribution >= 0.6 is 0 Å². The molecule has 4 heteroatoms. The Balaban J connectivity index is 1.67. The fourth-order valence-electron chi connectivity index (χ4n) is 5.25. The smallest absolute Gasteiger partial charge is 0.329 e. The predicted molar refractivity (Wildman–Crippen MR) is 120 cm³/mol. The average molecular weight is 353 g/mol. The van der Waals surface area contributed by atoms with Crippen LogP contribution in [0.15, 0.2) is 84.9 Å². The van der Waals surface area contributed by atoms with Crippen molar-refractivity contribution in [2.75, 3.05) is 10.0 Å². The minimum Gasteiger partial charge on any atom is -0.427 e. The number of rotatable bonds is 0. The van der Waals surface area contributed by atoms with E-state index < -0.39 is 0 Å². The third-order valence-electron chi connectivity index (χ3n) is 6.33. The summed E-state index contributed by atoms with van der Waals surface area (Å²) in [5.74, 6) is 0. The zero-order chi connectivity index (χ0) is 18.2. The van der Waals surface area contributed by atoms with Crippen molar-refractivity contribution in [3.05, 3.63) is 84.9 Å². The summed E-state index contributed by atoms with van der Waals surface area (Å²) in [4.78, 5) is 2.54. The number of nitrogens with zero attached hydrogens (tertiary/aromatic N) is 1. The Morgan fingerprint density at radius 1 is 0.643 bits per heavy atom. The lowest BCUT2D eigenvalue weighted by Gasteiger charge is -2.45. The maximum Gasteiger partial charge on any atom is 0.329 e. The molecular weight excluding hydrogens is 338 g/mol. The van der Waals surface area contributed by atoms with Crippen LogP contribution in [0.25, 0.3) is 22.3 Å². The second-order valence-electron chi connectivity index (χ2n) is 7.68. The molecule has 0 fully saturated rings. The molecule has 7 rings (SSSR count). The van der Waals surface area contributed by atoms with E-state index in [4.69, 9.17) is 0 Å². The van der Waals surface area contributed by atoms with Crippen molar-refractivity contribution < 1.29 is 0 Å². The van der Waals surface area contributed by atoms with Gasteiger partial charge in [-0.25, -0.2) is 0 Å². The fraction of sp³-hybridized carbons (Fsp3) is 0. The lowest BCUT2D eigenvalue weighted by atomic mass is 9.42. The Bertz CT molecular complexity index is 1200. The van der Waals surface area contributed by atoms with Crippen LogP contribution in [0.5, 0.6) is 0 Å². The second-order valence-corrected chi connectivity index (χ2v) is 7.68. The maximum atomic E-state index is 3.51. The molecule has 0 saturated heterocycles. The molecule has 2 nitrogen and oxygen atoms in total. The number of anilines is 3. The molecule has 0 saturated carbocycles. The van der Waals surface area contributed by atoms with Crippen molar-refractivity contribution in [2.45, 2.75) is 0 Å². The number of hydrogen-bond donors (Lipinski definition) is 1. The first-order valence-electron chi connectivity index (χ1n) is 9.75. The monoisotopic (exact) mass is 353 g/mol. The van der Waals surface area contributed by atoms with E-state index in [0.717, 1.165) is 0 Å². The van der Waals surface area contributed by atoms with Gasteiger partial charge in [0, 0.05) is 28.2 Å². The molecule has 0 atom stereocenters. The van der Waals surface area contributed by atoms with E-state index in [9.17, 15) is 0 Å². The maximum absolute atomic E-state index is 3.51. The zero-order valence-electron chi connectivity index (χ0n) is 15.2. The number of benzene rings is 4. The van der Waals surface area contributed by atoms with Gasteiger partial charge in [-0.15, -0.1) is 0 Å². The Kier molecular flexibility index (Phi) is 2.67. The molecule has 0 spiro atoms. The Morgan fingerprint density at radius 3 is 2.36 bits per heavy atom. The molecule has 1 N–H and O–H groups in total. The van der Waals surface area contributed by atoms with Gasteiger partial charge >= 0.3 is 6.85 Å². The Labute approximate surface area is 165 Å². The SMILES string of the molecule is [B]1Nc2cccc3c2-c2c1cccc2B1c2ccccc2-c2ccccc2N13. The third kappa shape index (κ3) is 1.67. The van der Waals surface area contributed by atoms with Crippen LogP contribution in [0, 0.1) is 0 Å². The highest BCUT2D eigenvalue weighted by Crippen LogP contribution is 2.48. The van der Waals surface area contributed by atoms with Crippen LogP contribution in [0.4, 0.5) is 17.1 Å². The molecule has 0 amide bonds. The molecule has 0 aliphatic carbocycles. The second kappa shape index (κ2) is 5.11. The molecule has 28 heavy (non-hydrogen) atoms. The molecule has 127 valence electrons. The molecule has 0 aromatic heterocycles. The van der Waals surface area contributed by atoms with E-state index in [1.165, 1.54) is 55.7 Å². The molecule has 1 radical (unpaired) electrons. The summed E-state index contributed by atoms with van der Waals surface area (Å²) < 4.78 is 0. The minimum atomic E-state index is 0.190. The molecule has 3 aliphatic rings. The van der Waals surface area contributed by atoms with Gasteiger partial charge in [0.15, 0.2) is 0 Å². The van der Waals surface area contributed by atoms with E-state index in [0.29, 0.717) is 0 Å². The Morgan fingerprint density at radius 2 is 1.39 bits per heavy atom. The molecule has 3 aliphatic heterocycles. The van der Waals surface area contributed by atoms with Crippen LogP contribution in [0.1, 0.15) is 0 Å². The van der Waals surface area contributed by atoms with Crippen molar-refractivity contribution in [3.8, 4) is 22.3 Å². The summed E-state index contributed by atoms with van der Waals surface area (Å²) in [7, 11) is 2.14. The van der Waals surface area contributed by atoms with Crippen LogP contribution < -0.4 is 26.4 Å². The van der Waals surface area contributed by atoms with Crippen molar-refractivity contribution in [3.63, 3.8) is 0 Å². The highest BCUT2D eigenvalue weighted by Gasteiger charge is 2.43. The molecule has 3 heterocycles. The first-order chi connectivity index (χ1) is 13.9. The van der Waals surface area contributed by atoms with Crippen LogP contribution in [-0.4, -0.2) is 14.3 Å². The van der Waals surface area contributed by atoms with Gasteiger partial charge in [-0.3, -0.25) is 0 Å². The summed E-state index contributed by atoms with van der Waals surface area (Å²) in [5, 5.41) is 3.51. The standard InChI is InChI=1S/C24H15B2N2/c1-3-10-18-15(7-1)16-8-2-4-13-21(16)28-22-14-6-12-20-24(22)23-17(25-27-20)9-5-11-19(23)26(18)28/h1-14,27H. The van der Waals surface area contributed by atoms with Gasteiger partial charge in [0.05, 0.1) is 0 Å². The van der Waals surface area contributed by atoms with E-state index >= 15 is 0 Å². The summed E-state index contributed by atoms with van der Waals surface area (Å²) in [6, 6.07) is 31.0. The number of nitrogens with one attached hydrogen (secondary N) is 1. The van der Waals surface area contributed by atoms with Crippen molar-refractivity contribution >= 4 is 47.7 Å². The first kappa shape index (κ1) is 14.6. The van der Waals surface area contributed by atoms with Gasteiger partial charge in [0.2, 0.25) is 0 Å². The topological polar surface area (TPSA) is 15.3 Å². The van der Waals surface area contributed by atoms with Crippen LogP contribution in [0.2, 0.25) is 0 Å². The molecule has 4 aromatic rings. The zero-order valence-corrected chi connectivity index (χ0v) is 15.2. The summed E-state index contributed by atoms with van der Waals surface area (Å²) in [5.41, 5.74) is 13.1. The van der Waals surface area contributed by atoms with Crippen molar-refractivity contribution in [2.24, 2.45) is 0 Å². The average Bonchev–Trinajstić information content (AvgIpc) is 2.77. The van der Waals surface area contributed by atoms with Crippen molar-refractivity contribution in [1.82, 2.24) is 0 Å². The lowest BCUT2D eigenvalue weighted by molar-refractivity contribution is 1.35. The molecule has 4 aromatic carbocycles. The van der Waals surface area contributed by atoms with Gasteiger partial charge in [0.1, 0.15) is 0 Å². The van der Waals surface area contributed by atoms with E-state index in [-0.39, 0.29) is 6.85 Å². The largest absolute Gasteiger partial charge is 0.427 e. The summed E-state index contributed by atoms with van der Waals surface area (Å²) in [6.07, 6.45) is 0. The molecular formula is C24H15B2N2. The predicted octanol–water partition coefficient (Wildman–Crippen LogP) is 3.26. The molecule has 0 unspecified atom stereocenters. The Hall–Kier alpha value is -3.39. The lowest BCUT2D eigenvalue weighted by Crippen LogP contribution is -2.61. The first-order valence-corrected chi connectivity index (χ1v) is 9.75. The quantitative estimate of drug-likeness (QED) is 0.489. The van der Waals surface area contributed by atoms with Gasteiger partial charge in [-0.2, -0.15) is 0 Å². The number of hydrogen-bond acceptors (Lipinski definition) is 2. The highest BCUT2D eigenvalue weighted by molar-refractivity contribution is 6.93. The summed E-state index contributed by atoms with van der Waals surface area (Å²) in [6.45, 7) is 0.190.